The molecule has 2 aliphatic rings. The average molecular weight is 395 g/mol. The highest BCUT2D eigenvalue weighted by molar-refractivity contribution is 5.83. The number of hydrogen-bond donors (Lipinski definition) is 1. The molecule has 152 valence electrons. The van der Waals surface area contributed by atoms with Crippen LogP contribution in [0.5, 0.6) is 5.75 Å². The summed E-state index contributed by atoms with van der Waals surface area (Å²) >= 11 is 0. The molecule has 1 amide bonds. The van der Waals surface area contributed by atoms with E-state index in [1.54, 1.807) is 4.90 Å². The summed E-state index contributed by atoms with van der Waals surface area (Å²) in [6, 6.07) is 18.0. The van der Waals surface area contributed by atoms with Gasteiger partial charge >= 0.3 is 5.97 Å². The average Bonchev–Trinajstić information content (AvgIpc) is 3.53. The van der Waals surface area contributed by atoms with Crippen LogP contribution in [0.1, 0.15) is 29.9 Å². The molecule has 2 fully saturated rings. The second kappa shape index (κ2) is 8.66. The molecule has 3 atom stereocenters. The van der Waals surface area contributed by atoms with Crippen LogP contribution in [0.25, 0.3) is 0 Å². The summed E-state index contributed by atoms with van der Waals surface area (Å²) in [5.41, 5.74) is 2.27. The van der Waals surface area contributed by atoms with Gasteiger partial charge in [-0.3, -0.25) is 9.59 Å². The van der Waals surface area contributed by atoms with Crippen LogP contribution in [0.3, 0.4) is 0 Å². The smallest absolute Gasteiger partial charge is 0.306 e. The first-order chi connectivity index (χ1) is 14.1. The molecule has 1 aliphatic heterocycles. The predicted molar refractivity (Wildman–Crippen MR) is 107 cm³/mol. The van der Waals surface area contributed by atoms with Gasteiger partial charge in [-0.25, -0.2) is 0 Å². The fourth-order valence-corrected chi connectivity index (χ4v) is 3.86. The van der Waals surface area contributed by atoms with Crippen molar-refractivity contribution in [3.05, 3.63) is 65.7 Å². The van der Waals surface area contributed by atoms with Gasteiger partial charge in [0.15, 0.2) is 0 Å². The van der Waals surface area contributed by atoms with E-state index >= 15 is 0 Å². The monoisotopic (exact) mass is 395 g/mol. The van der Waals surface area contributed by atoms with Gasteiger partial charge in [0.1, 0.15) is 12.4 Å². The summed E-state index contributed by atoms with van der Waals surface area (Å²) in [7, 11) is 0. The topological polar surface area (TPSA) is 76.1 Å². The van der Waals surface area contributed by atoms with Gasteiger partial charge in [0.05, 0.1) is 19.1 Å². The number of aliphatic carboxylic acids is 1. The van der Waals surface area contributed by atoms with Crippen LogP contribution in [0, 0.1) is 5.92 Å². The van der Waals surface area contributed by atoms with Crippen molar-refractivity contribution in [1.82, 2.24) is 4.90 Å². The molecule has 0 aromatic heterocycles. The fraction of sp³-hybridized carbons (Fsp3) is 0.391. The summed E-state index contributed by atoms with van der Waals surface area (Å²) in [6.45, 7) is 1.82. The standard InChI is InChI=1S/C23H25NO5/c25-22(26)12-19-14-24(10-11-28-19)23(27)21-13-20(21)17-6-8-18(9-7-17)29-15-16-4-2-1-3-5-16/h1-9,19-21H,10-15H2,(H,25,26)/t19-,20+,21-/m1/s1. The Hall–Kier alpha value is -2.86. The van der Waals surface area contributed by atoms with Gasteiger partial charge in [-0.15, -0.1) is 0 Å². The first kappa shape index (κ1) is 19.5. The Morgan fingerprint density at radius 2 is 1.86 bits per heavy atom. The molecule has 1 heterocycles. The molecule has 0 unspecified atom stereocenters. The van der Waals surface area contributed by atoms with Gasteiger partial charge in [0.25, 0.3) is 0 Å². The third kappa shape index (κ3) is 4.95. The highest BCUT2D eigenvalue weighted by atomic mass is 16.5. The molecule has 6 heteroatoms. The second-order valence-corrected chi connectivity index (χ2v) is 7.67. The van der Waals surface area contributed by atoms with Gasteiger partial charge < -0.3 is 19.5 Å². The minimum Gasteiger partial charge on any atom is -0.489 e. The predicted octanol–water partition coefficient (Wildman–Crippen LogP) is 3.07. The normalized spacial score (nSPS) is 23.4. The van der Waals surface area contributed by atoms with E-state index in [-0.39, 0.29) is 24.2 Å². The van der Waals surface area contributed by atoms with E-state index in [2.05, 4.69) is 0 Å². The van der Waals surface area contributed by atoms with E-state index in [0.29, 0.717) is 26.3 Å². The van der Waals surface area contributed by atoms with Crippen molar-refractivity contribution in [2.45, 2.75) is 31.5 Å². The molecule has 29 heavy (non-hydrogen) atoms. The lowest BCUT2D eigenvalue weighted by Crippen LogP contribution is -2.47. The van der Waals surface area contributed by atoms with Gasteiger partial charge in [-0.05, 0) is 35.6 Å². The van der Waals surface area contributed by atoms with E-state index in [1.165, 1.54) is 0 Å². The van der Waals surface area contributed by atoms with Gasteiger partial charge in [0.2, 0.25) is 5.91 Å². The third-order valence-electron chi connectivity index (χ3n) is 5.52. The molecule has 2 aromatic rings. The van der Waals surface area contributed by atoms with Crippen molar-refractivity contribution in [3.8, 4) is 5.75 Å². The first-order valence-electron chi connectivity index (χ1n) is 9.99. The molecular formula is C23H25NO5. The van der Waals surface area contributed by atoms with Crippen LogP contribution in [0.2, 0.25) is 0 Å². The molecule has 2 aromatic carbocycles. The molecule has 6 nitrogen and oxygen atoms in total. The third-order valence-corrected chi connectivity index (χ3v) is 5.52. The molecule has 1 saturated carbocycles. The highest BCUT2D eigenvalue weighted by Crippen LogP contribution is 2.48. The molecule has 1 aliphatic carbocycles. The zero-order valence-corrected chi connectivity index (χ0v) is 16.2. The Morgan fingerprint density at radius 3 is 2.59 bits per heavy atom. The number of carbonyl (C=O) groups excluding carboxylic acids is 1. The molecule has 4 rings (SSSR count). The van der Waals surface area contributed by atoms with Crippen molar-refractivity contribution in [2.24, 2.45) is 5.92 Å². The first-order valence-corrected chi connectivity index (χ1v) is 9.99. The molecule has 0 bridgehead atoms. The molecule has 1 N–H and O–H groups in total. The number of hydrogen-bond acceptors (Lipinski definition) is 4. The van der Waals surface area contributed by atoms with E-state index < -0.39 is 12.1 Å². The summed E-state index contributed by atoms with van der Waals surface area (Å²) in [5.74, 6) is 0.230. The number of carbonyl (C=O) groups is 2. The van der Waals surface area contributed by atoms with Crippen LogP contribution in [-0.4, -0.2) is 47.7 Å². The summed E-state index contributed by atoms with van der Waals surface area (Å²) in [5, 5.41) is 8.93. The van der Waals surface area contributed by atoms with Crippen molar-refractivity contribution in [3.63, 3.8) is 0 Å². The van der Waals surface area contributed by atoms with E-state index in [9.17, 15) is 9.59 Å². The molecule has 0 radical (unpaired) electrons. The second-order valence-electron chi connectivity index (χ2n) is 7.67. The van der Waals surface area contributed by atoms with Crippen LogP contribution in [0.4, 0.5) is 0 Å². The van der Waals surface area contributed by atoms with Crippen LogP contribution < -0.4 is 4.74 Å². The fourth-order valence-electron chi connectivity index (χ4n) is 3.86. The lowest BCUT2D eigenvalue weighted by molar-refractivity contribution is -0.148. The highest BCUT2D eigenvalue weighted by Gasteiger charge is 2.46. The number of carboxylic acid groups (broad SMARTS) is 1. The zero-order chi connectivity index (χ0) is 20.2. The molecular weight excluding hydrogens is 370 g/mol. The lowest BCUT2D eigenvalue weighted by atomic mass is 10.1. The van der Waals surface area contributed by atoms with Crippen molar-refractivity contribution < 1.29 is 24.2 Å². The van der Waals surface area contributed by atoms with Crippen molar-refractivity contribution >= 4 is 11.9 Å². The molecule has 0 spiro atoms. The van der Waals surface area contributed by atoms with Crippen LogP contribution in [-0.2, 0) is 20.9 Å². The largest absolute Gasteiger partial charge is 0.489 e. The Labute approximate surface area is 170 Å². The summed E-state index contributed by atoms with van der Waals surface area (Å²) in [4.78, 5) is 25.5. The number of amides is 1. The van der Waals surface area contributed by atoms with Crippen LogP contribution in [0.15, 0.2) is 54.6 Å². The Morgan fingerprint density at radius 1 is 1.10 bits per heavy atom. The molecule has 1 saturated heterocycles. The Balaban J connectivity index is 1.29. The maximum atomic E-state index is 12.8. The maximum Gasteiger partial charge on any atom is 0.306 e. The van der Waals surface area contributed by atoms with E-state index in [1.807, 2.05) is 54.6 Å². The number of benzene rings is 2. The maximum absolute atomic E-state index is 12.8. The van der Waals surface area contributed by atoms with Crippen molar-refractivity contribution in [2.75, 3.05) is 19.7 Å². The zero-order valence-electron chi connectivity index (χ0n) is 16.2. The number of morpholine rings is 1. The number of carboxylic acids is 1. The van der Waals surface area contributed by atoms with E-state index in [4.69, 9.17) is 14.6 Å². The van der Waals surface area contributed by atoms with Gasteiger partial charge in [-0.2, -0.15) is 0 Å². The van der Waals surface area contributed by atoms with E-state index in [0.717, 1.165) is 23.3 Å². The SMILES string of the molecule is O=C(O)C[C@@H]1CN(C(=O)[C@@H]2C[C@H]2c2ccc(OCc3ccccc3)cc2)CCO1. The van der Waals surface area contributed by atoms with Crippen molar-refractivity contribution in [1.29, 1.82) is 0 Å². The lowest BCUT2D eigenvalue weighted by Gasteiger charge is -2.32. The Bertz CT molecular complexity index is 851. The summed E-state index contributed by atoms with van der Waals surface area (Å²) in [6.07, 6.45) is 0.357. The minimum absolute atomic E-state index is 0.0188. The van der Waals surface area contributed by atoms with Crippen LogP contribution >= 0.6 is 0 Å². The number of rotatable bonds is 7. The number of nitrogens with zero attached hydrogens (tertiary/aromatic N) is 1. The van der Waals surface area contributed by atoms with Gasteiger partial charge in [-0.1, -0.05) is 42.5 Å². The minimum atomic E-state index is -0.900. The summed E-state index contributed by atoms with van der Waals surface area (Å²) < 4.78 is 11.3. The Kier molecular flexibility index (Phi) is 5.81. The van der Waals surface area contributed by atoms with Gasteiger partial charge in [0, 0.05) is 19.0 Å². The quantitative estimate of drug-likeness (QED) is 0.780. The number of ether oxygens (including phenoxy) is 2.